The normalized spacial score (nSPS) is 26.4. The molecule has 0 bridgehead atoms. The number of alkyl halides is 1. The smallest absolute Gasteiger partial charge is 0.328 e. The Morgan fingerprint density at radius 2 is 2.42 bits per heavy atom. The fourth-order valence-corrected chi connectivity index (χ4v) is 1.07. The molecule has 1 heterocycles. The molecular formula is C7H11ClFNO2. The molecule has 1 saturated heterocycles. The van der Waals surface area contributed by atoms with E-state index in [0.717, 1.165) is 6.08 Å². The molecule has 5 heteroatoms. The maximum absolute atomic E-state index is 12.8. The summed E-state index contributed by atoms with van der Waals surface area (Å²) in [6, 6.07) is 0. The van der Waals surface area contributed by atoms with Crippen LogP contribution in [-0.4, -0.2) is 30.3 Å². The van der Waals surface area contributed by atoms with Crippen LogP contribution in [-0.2, 0) is 4.79 Å². The average Bonchev–Trinajstić information content (AvgIpc) is 1.93. The second-order valence-corrected chi connectivity index (χ2v) is 2.48. The number of carboxylic acids is 1. The summed E-state index contributed by atoms with van der Waals surface area (Å²) >= 11 is 0. The Morgan fingerprint density at radius 3 is 2.92 bits per heavy atom. The second-order valence-electron chi connectivity index (χ2n) is 2.48. The summed E-state index contributed by atoms with van der Waals surface area (Å²) in [4.78, 5) is 10.1. The number of aliphatic carboxylic acids is 1. The lowest BCUT2D eigenvalue weighted by Crippen LogP contribution is -2.33. The fourth-order valence-electron chi connectivity index (χ4n) is 1.07. The molecule has 0 radical (unpaired) electrons. The highest BCUT2D eigenvalue weighted by Crippen LogP contribution is 2.13. The zero-order valence-corrected chi connectivity index (χ0v) is 7.23. The van der Waals surface area contributed by atoms with Crippen molar-refractivity contribution >= 4 is 18.4 Å². The molecule has 70 valence electrons. The van der Waals surface area contributed by atoms with Gasteiger partial charge in [-0.3, -0.25) is 0 Å². The predicted molar refractivity (Wildman–Crippen MR) is 45.3 cm³/mol. The van der Waals surface area contributed by atoms with Crippen LogP contribution in [0.25, 0.3) is 0 Å². The minimum atomic E-state index is -1.13. The van der Waals surface area contributed by atoms with E-state index >= 15 is 0 Å². The molecule has 1 unspecified atom stereocenters. The number of halogens is 2. The molecule has 1 atom stereocenters. The molecular weight excluding hydrogens is 185 g/mol. The van der Waals surface area contributed by atoms with Gasteiger partial charge in [0, 0.05) is 12.6 Å². The lowest BCUT2D eigenvalue weighted by atomic mass is 10.0. The molecule has 0 aliphatic carbocycles. The van der Waals surface area contributed by atoms with E-state index in [2.05, 4.69) is 5.32 Å². The fraction of sp³-hybridized carbons (Fsp3) is 0.571. The van der Waals surface area contributed by atoms with E-state index < -0.39 is 12.1 Å². The Balaban J connectivity index is 0.00000121. The van der Waals surface area contributed by atoms with Crippen molar-refractivity contribution in [1.29, 1.82) is 0 Å². The summed E-state index contributed by atoms with van der Waals surface area (Å²) in [5, 5.41) is 11.1. The number of piperidine rings is 1. The zero-order chi connectivity index (χ0) is 8.27. The minimum absolute atomic E-state index is 0. The number of nitrogens with one attached hydrogen (secondary N) is 1. The molecule has 1 fully saturated rings. The van der Waals surface area contributed by atoms with Crippen LogP contribution in [0, 0.1) is 0 Å². The van der Waals surface area contributed by atoms with E-state index in [-0.39, 0.29) is 19.0 Å². The number of hydrogen-bond acceptors (Lipinski definition) is 2. The molecule has 1 aliphatic heterocycles. The van der Waals surface area contributed by atoms with Crippen molar-refractivity contribution in [3.05, 3.63) is 11.6 Å². The third kappa shape index (κ3) is 3.19. The van der Waals surface area contributed by atoms with Crippen molar-refractivity contribution < 1.29 is 14.3 Å². The molecule has 0 aromatic rings. The van der Waals surface area contributed by atoms with Crippen LogP contribution in [0.3, 0.4) is 0 Å². The van der Waals surface area contributed by atoms with E-state index in [0.29, 0.717) is 18.5 Å². The van der Waals surface area contributed by atoms with Crippen molar-refractivity contribution in [2.24, 2.45) is 0 Å². The Kier molecular flexibility index (Phi) is 4.85. The maximum Gasteiger partial charge on any atom is 0.328 e. The third-order valence-electron chi connectivity index (χ3n) is 1.63. The van der Waals surface area contributed by atoms with Crippen LogP contribution in [0.2, 0.25) is 0 Å². The van der Waals surface area contributed by atoms with E-state index in [4.69, 9.17) is 5.11 Å². The van der Waals surface area contributed by atoms with Crippen LogP contribution in [0.5, 0.6) is 0 Å². The highest BCUT2D eigenvalue weighted by molar-refractivity contribution is 5.85. The third-order valence-corrected chi connectivity index (χ3v) is 1.63. The van der Waals surface area contributed by atoms with Gasteiger partial charge in [-0.05, 0) is 18.5 Å². The Labute approximate surface area is 76.1 Å². The lowest BCUT2D eigenvalue weighted by Gasteiger charge is -2.18. The molecule has 0 aromatic heterocycles. The zero-order valence-electron chi connectivity index (χ0n) is 6.42. The van der Waals surface area contributed by atoms with Gasteiger partial charge in [0.25, 0.3) is 0 Å². The molecule has 0 spiro atoms. The van der Waals surface area contributed by atoms with Crippen LogP contribution < -0.4 is 5.32 Å². The first-order chi connectivity index (χ1) is 5.20. The summed E-state index contributed by atoms with van der Waals surface area (Å²) in [6.45, 7) is 0.901. The molecule has 0 aromatic carbocycles. The molecule has 1 rings (SSSR count). The lowest BCUT2D eigenvalue weighted by molar-refractivity contribution is -0.131. The molecule has 3 nitrogen and oxygen atoms in total. The molecule has 2 N–H and O–H groups in total. The summed E-state index contributed by atoms with van der Waals surface area (Å²) in [5.74, 6) is -1.07. The van der Waals surface area contributed by atoms with Crippen LogP contribution in [0.15, 0.2) is 11.6 Å². The van der Waals surface area contributed by atoms with Gasteiger partial charge in [0.2, 0.25) is 0 Å². The predicted octanol–water partition coefficient (Wildman–Crippen LogP) is 0.751. The van der Waals surface area contributed by atoms with Gasteiger partial charge in [0.1, 0.15) is 6.17 Å². The average molecular weight is 196 g/mol. The van der Waals surface area contributed by atoms with Crippen LogP contribution >= 0.6 is 12.4 Å². The number of carboxylic acid groups (broad SMARTS) is 1. The van der Waals surface area contributed by atoms with Crippen LogP contribution in [0.4, 0.5) is 4.39 Å². The van der Waals surface area contributed by atoms with E-state index in [1.165, 1.54) is 0 Å². The Bertz CT molecular complexity index is 196. The summed E-state index contributed by atoms with van der Waals surface area (Å²) in [7, 11) is 0. The molecule has 0 amide bonds. The number of carbonyl (C=O) groups is 1. The molecule has 12 heavy (non-hydrogen) atoms. The van der Waals surface area contributed by atoms with Crippen molar-refractivity contribution in [3.8, 4) is 0 Å². The van der Waals surface area contributed by atoms with Gasteiger partial charge in [-0.15, -0.1) is 12.4 Å². The SMILES string of the molecule is Cl.O=C(O)C=C1CCNCC1F. The molecule has 0 saturated carbocycles. The van der Waals surface area contributed by atoms with E-state index in [9.17, 15) is 9.18 Å². The largest absolute Gasteiger partial charge is 0.478 e. The standard InChI is InChI=1S/C7H10FNO2.ClH/c8-6-4-9-2-1-5(6)3-7(10)11;/h3,6,9H,1-2,4H2,(H,10,11);1H. The first-order valence-corrected chi connectivity index (χ1v) is 3.48. The van der Waals surface area contributed by atoms with Gasteiger partial charge in [0.05, 0.1) is 0 Å². The first kappa shape index (κ1) is 11.4. The highest BCUT2D eigenvalue weighted by atomic mass is 35.5. The van der Waals surface area contributed by atoms with Crippen molar-refractivity contribution in [3.63, 3.8) is 0 Å². The van der Waals surface area contributed by atoms with Crippen molar-refractivity contribution in [2.75, 3.05) is 13.1 Å². The minimum Gasteiger partial charge on any atom is -0.478 e. The van der Waals surface area contributed by atoms with Gasteiger partial charge in [0.15, 0.2) is 0 Å². The molecule has 1 aliphatic rings. The van der Waals surface area contributed by atoms with E-state index in [1.54, 1.807) is 0 Å². The summed E-state index contributed by atoms with van der Waals surface area (Å²) in [6.07, 6.45) is 0.332. The van der Waals surface area contributed by atoms with Gasteiger partial charge < -0.3 is 10.4 Å². The van der Waals surface area contributed by atoms with Crippen LogP contribution in [0.1, 0.15) is 6.42 Å². The monoisotopic (exact) mass is 195 g/mol. The van der Waals surface area contributed by atoms with E-state index in [1.807, 2.05) is 0 Å². The second kappa shape index (κ2) is 5.11. The number of hydrogen-bond donors (Lipinski definition) is 2. The Morgan fingerprint density at radius 1 is 1.75 bits per heavy atom. The van der Waals surface area contributed by atoms with Gasteiger partial charge >= 0.3 is 5.97 Å². The summed E-state index contributed by atoms with van der Waals surface area (Å²) in [5.41, 5.74) is 0.385. The van der Waals surface area contributed by atoms with Gasteiger partial charge in [-0.2, -0.15) is 0 Å². The first-order valence-electron chi connectivity index (χ1n) is 3.48. The topological polar surface area (TPSA) is 49.3 Å². The van der Waals surface area contributed by atoms with Crippen molar-refractivity contribution in [1.82, 2.24) is 5.32 Å². The van der Waals surface area contributed by atoms with Gasteiger partial charge in [-0.25, -0.2) is 9.18 Å². The van der Waals surface area contributed by atoms with Gasteiger partial charge in [-0.1, -0.05) is 0 Å². The maximum atomic E-state index is 12.8. The Hall–Kier alpha value is -0.610. The number of rotatable bonds is 1. The highest BCUT2D eigenvalue weighted by Gasteiger charge is 2.17. The quantitative estimate of drug-likeness (QED) is 0.608. The summed E-state index contributed by atoms with van der Waals surface area (Å²) < 4.78 is 12.8. The van der Waals surface area contributed by atoms with Crippen molar-refractivity contribution in [2.45, 2.75) is 12.6 Å².